The molecule has 0 fully saturated rings. The molecule has 0 N–H and O–H groups in total. The third kappa shape index (κ3) is 1.30. The molecule has 0 amide bonds. The average molecular weight is 221 g/mol. The number of fused-ring (bicyclic) bond motifs is 1. The molecule has 3 aromatic rings. The van der Waals surface area contributed by atoms with Crippen LogP contribution in [0.2, 0.25) is 5.35 Å². The Labute approximate surface area is 89.5 Å². The number of furan rings is 1. The van der Waals surface area contributed by atoms with Crippen LogP contribution in [0.5, 0.6) is 0 Å². The maximum absolute atomic E-state index is 5.56. The number of hydrogen-bond acceptors (Lipinski definition) is 4. The fourth-order valence-corrected chi connectivity index (χ4v) is 1.58. The molecule has 2 heterocycles. The number of hydrogen-bond donors (Lipinski definition) is 0. The third-order valence-corrected chi connectivity index (χ3v) is 2.28. The van der Waals surface area contributed by atoms with Crippen molar-refractivity contribution in [2.45, 2.75) is 0 Å². The van der Waals surface area contributed by atoms with E-state index in [1.165, 1.54) is 0 Å². The van der Waals surface area contributed by atoms with Crippen LogP contribution in [0.25, 0.3) is 22.4 Å². The largest absolute Gasteiger partial charge is 0.464 e. The number of para-hydroxylation sites is 1. The molecule has 0 radical (unpaired) electrons. The molecule has 0 aliphatic heterocycles. The predicted molar refractivity (Wildman–Crippen MR) is 54.5 cm³/mol. The number of aromatic nitrogens is 2. The van der Waals surface area contributed by atoms with Gasteiger partial charge in [-0.25, -0.2) is 0 Å². The molecule has 0 saturated carbocycles. The number of rotatable bonds is 1. The molecule has 2 aromatic heterocycles. The number of benzene rings is 1. The lowest BCUT2D eigenvalue weighted by atomic mass is 10.2. The van der Waals surface area contributed by atoms with Gasteiger partial charge in [-0.15, -0.1) is 0 Å². The third-order valence-electron chi connectivity index (χ3n) is 2.12. The fraction of sp³-hybridized carbons (Fsp3) is 0. The minimum absolute atomic E-state index is 0.0234. The molecular weight excluding hydrogens is 216 g/mol. The number of nitrogens with zero attached hydrogens (tertiary/aromatic N) is 2. The Kier molecular flexibility index (Phi) is 1.76. The zero-order valence-corrected chi connectivity index (χ0v) is 8.23. The molecule has 0 unspecified atom stereocenters. The van der Waals surface area contributed by atoms with Crippen LogP contribution in [0, 0.1) is 0 Å². The van der Waals surface area contributed by atoms with Crippen molar-refractivity contribution in [1.29, 1.82) is 0 Å². The standard InChI is InChI=1S/C10H5ClN2O2/c11-10-12-9(13-15-10)7-5-14-8-4-2-1-3-6(7)8/h1-5H. The second kappa shape index (κ2) is 3.10. The van der Waals surface area contributed by atoms with Gasteiger partial charge in [-0.2, -0.15) is 4.98 Å². The van der Waals surface area contributed by atoms with Crippen LogP contribution in [-0.2, 0) is 0 Å². The van der Waals surface area contributed by atoms with E-state index in [0.717, 1.165) is 16.5 Å². The normalized spacial score (nSPS) is 11.0. The maximum Gasteiger partial charge on any atom is 0.320 e. The van der Waals surface area contributed by atoms with E-state index in [4.69, 9.17) is 20.5 Å². The molecule has 5 heteroatoms. The van der Waals surface area contributed by atoms with Crippen molar-refractivity contribution >= 4 is 22.6 Å². The van der Waals surface area contributed by atoms with Gasteiger partial charge in [0.2, 0.25) is 5.82 Å². The van der Waals surface area contributed by atoms with E-state index in [2.05, 4.69) is 10.1 Å². The zero-order valence-electron chi connectivity index (χ0n) is 7.48. The summed E-state index contributed by atoms with van der Waals surface area (Å²) in [4.78, 5) is 3.93. The smallest absolute Gasteiger partial charge is 0.320 e. The second-order valence-corrected chi connectivity index (χ2v) is 3.34. The first kappa shape index (κ1) is 8.49. The Balaban J connectivity index is 2.27. The van der Waals surface area contributed by atoms with Crippen LogP contribution in [0.15, 0.2) is 39.5 Å². The van der Waals surface area contributed by atoms with Gasteiger partial charge >= 0.3 is 5.35 Å². The summed E-state index contributed by atoms with van der Waals surface area (Å²) in [6.07, 6.45) is 1.59. The van der Waals surface area contributed by atoms with E-state index < -0.39 is 0 Å². The Bertz CT molecular complexity index is 614. The lowest BCUT2D eigenvalue weighted by Crippen LogP contribution is -1.76. The highest BCUT2D eigenvalue weighted by Crippen LogP contribution is 2.28. The molecule has 0 aliphatic rings. The van der Waals surface area contributed by atoms with Crippen molar-refractivity contribution in [2.75, 3.05) is 0 Å². The van der Waals surface area contributed by atoms with Gasteiger partial charge < -0.3 is 8.94 Å². The van der Waals surface area contributed by atoms with Crippen LogP contribution in [-0.4, -0.2) is 10.1 Å². The molecule has 0 aliphatic carbocycles. The van der Waals surface area contributed by atoms with Crippen molar-refractivity contribution in [3.8, 4) is 11.4 Å². The summed E-state index contributed by atoms with van der Waals surface area (Å²) in [6, 6.07) is 7.63. The van der Waals surface area contributed by atoms with Gasteiger partial charge in [0.15, 0.2) is 0 Å². The minimum Gasteiger partial charge on any atom is -0.464 e. The quantitative estimate of drug-likeness (QED) is 0.632. The van der Waals surface area contributed by atoms with Gasteiger partial charge in [-0.05, 0) is 17.7 Å². The average Bonchev–Trinajstić information content (AvgIpc) is 2.83. The summed E-state index contributed by atoms with van der Waals surface area (Å²) in [5.74, 6) is 0.435. The van der Waals surface area contributed by atoms with Crippen molar-refractivity contribution in [3.05, 3.63) is 35.9 Å². The molecule has 74 valence electrons. The highest BCUT2D eigenvalue weighted by molar-refractivity contribution is 6.27. The predicted octanol–water partition coefficient (Wildman–Crippen LogP) is 3.14. The van der Waals surface area contributed by atoms with Crippen molar-refractivity contribution < 1.29 is 8.94 Å². The van der Waals surface area contributed by atoms with Crippen LogP contribution in [0.4, 0.5) is 0 Å². The summed E-state index contributed by atoms with van der Waals surface area (Å²) in [5.41, 5.74) is 1.56. The molecule has 0 spiro atoms. The van der Waals surface area contributed by atoms with Gasteiger partial charge in [0.25, 0.3) is 0 Å². The van der Waals surface area contributed by atoms with Crippen LogP contribution in [0.3, 0.4) is 0 Å². The van der Waals surface area contributed by atoms with Crippen LogP contribution >= 0.6 is 11.6 Å². The van der Waals surface area contributed by atoms with E-state index in [1.807, 2.05) is 24.3 Å². The van der Waals surface area contributed by atoms with E-state index in [1.54, 1.807) is 6.26 Å². The van der Waals surface area contributed by atoms with Crippen molar-refractivity contribution in [1.82, 2.24) is 10.1 Å². The summed E-state index contributed by atoms with van der Waals surface area (Å²) < 4.78 is 10.0. The lowest BCUT2D eigenvalue weighted by molar-refractivity contribution is 0.420. The van der Waals surface area contributed by atoms with Crippen LogP contribution in [0.1, 0.15) is 0 Å². The molecule has 3 rings (SSSR count). The van der Waals surface area contributed by atoms with Gasteiger partial charge in [0.1, 0.15) is 11.8 Å². The van der Waals surface area contributed by atoms with Gasteiger partial charge in [0, 0.05) is 5.39 Å². The minimum atomic E-state index is 0.0234. The summed E-state index contributed by atoms with van der Waals surface area (Å²) >= 11 is 5.56. The van der Waals surface area contributed by atoms with Gasteiger partial charge in [0.05, 0.1) is 5.56 Å². The molecule has 15 heavy (non-hydrogen) atoms. The topological polar surface area (TPSA) is 52.1 Å². The van der Waals surface area contributed by atoms with Crippen LogP contribution < -0.4 is 0 Å². The lowest BCUT2D eigenvalue weighted by Gasteiger charge is -1.88. The van der Waals surface area contributed by atoms with E-state index >= 15 is 0 Å². The van der Waals surface area contributed by atoms with E-state index in [0.29, 0.717) is 5.82 Å². The second-order valence-electron chi connectivity index (χ2n) is 3.02. The molecule has 0 bridgehead atoms. The van der Waals surface area contributed by atoms with Crippen molar-refractivity contribution in [3.63, 3.8) is 0 Å². The Morgan fingerprint density at radius 1 is 1.20 bits per heavy atom. The summed E-state index contributed by atoms with van der Waals surface area (Å²) in [7, 11) is 0. The monoisotopic (exact) mass is 220 g/mol. The SMILES string of the molecule is Clc1nc(-c2coc3ccccc23)no1. The zero-order chi connectivity index (χ0) is 10.3. The first-order valence-corrected chi connectivity index (χ1v) is 4.68. The van der Waals surface area contributed by atoms with Crippen molar-refractivity contribution in [2.24, 2.45) is 0 Å². The number of halogens is 1. The molecule has 0 atom stereocenters. The summed E-state index contributed by atoms with van der Waals surface area (Å²) in [6.45, 7) is 0. The first-order chi connectivity index (χ1) is 7.34. The fourth-order valence-electron chi connectivity index (χ4n) is 1.47. The highest BCUT2D eigenvalue weighted by Gasteiger charge is 2.12. The Hall–Kier alpha value is -1.81. The summed E-state index contributed by atoms with van der Waals surface area (Å²) in [5, 5.41) is 4.69. The first-order valence-electron chi connectivity index (χ1n) is 4.30. The maximum atomic E-state index is 5.56. The Morgan fingerprint density at radius 2 is 2.07 bits per heavy atom. The van der Waals surface area contributed by atoms with Gasteiger partial charge in [-0.1, -0.05) is 23.4 Å². The highest BCUT2D eigenvalue weighted by atomic mass is 35.5. The molecule has 1 aromatic carbocycles. The van der Waals surface area contributed by atoms with E-state index in [9.17, 15) is 0 Å². The Morgan fingerprint density at radius 3 is 2.87 bits per heavy atom. The molecule has 0 saturated heterocycles. The van der Waals surface area contributed by atoms with Gasteiger partial charge in [-0.3, -0.25) is 0 Å². The van der Waals surface area contributed by atoms with E-state index in [-0.39, 0.29) is 5.35 Å². The molecule has 4 nitrogen and oxygen atoms in total. The molecular formula is C10H5ClN2O2.